The molecule has 0 amide bonds. The first-order valence-corrected chi connectivity index (χ1v) is 6.02. The van der Waals surface area contributed by atoms with Gasteiger partial charge in [0.05, 0.1) is 11.5 Å². The molecule has 0 bridgehead atoms. The van der Waals surface area contributed by atoms with Crippen molar-refractivity contribution in [3.05, 3.63) is 0 Å². The molecule has 0 aromatic heterocycles. The summed E-state index contributed by atoms with van der Waals surface area (Å²) in [4.78, 5) is 2.51. The van der Waals surface area contributed by atoms with Gasteiger partial charge in [-0.15, -0.1) is 0 Å². The van der Waals surface area contributed by atoms with Crippen molar-refractivity contribution in [1.82, 2.24) is 4.90 Å². The molecule has 0 aromatic carbocycles. The van der Waals surface area contributed by atoms with Crippen LogP contribution in [0.1, 0.15) is 33.1 Å². The summed E-state index contributed by atoms with van der Waals surface area (Å²) >= 11 is 4.62. The van der Waals surface area contributed by atoms with Crippen molar-refractivity contribution >= 4 is 12.6 Å². The molecule has 1 spiro atoms. The second kappa shape index (κ2) is 3.69. The Hall–Kier alpha value is 0.270. The van der Waals surface area contributed by atoms with Gasteiger partial charge in [0.1, 0.15) is 0 Å². The summed E-state index contributed by atoms with van der Waals surface area (Å²) in [6.45, 7) is 8.69. The second-order valence-corrected chi connectivity index (χ2v) is 6.38. The van der Waals surface area contributed by atoms with E-state index in [1.54, 1.807) is 0 Å². The highest BCUT2D eigenvalue weighted by molar-refractivity contribution is 7.81. The van der Waals surface area contributed by atoms with E-state index in [0.717, 1.165) is 13.2 Å². The van der Waals surface area contributed by atoms with Gasteiger partial charge in [-0.05, 0) is 38.5 Å². The molecule has 0 radical (unpaired) electrons. The second-order valence-electron chi connectivity index (χ2n) is 5.28. The number of ether oxygens (including phenoxy) is 1. The Morgan fingerprint density at radius 3 is 2.29 bits per heavy atom. The van der Waals surface area contributed by atoms with Crippen LogP contribution in [0.2, 0.25) is 0 Å². The number of likely N-dealkylation sites (tertiary alicyclic amines) is 1. The average Bonchev–Trinajstić information content (AvgIpc) is 2.53. The Kier molecular flexibility index (Phi) is 2.84. The van der Waals surface area contributed by atoms with E-state index in [1.807, 2.05) is 0 Å². The van der Waals surface area contributed by atoms with Gasteiger partial charge in [-0.1, -0.05) is 0 Å². The Labute approximate surface area is 92.4 Å². The van der Waals surface area contributed by atoms with Crippen molar-refractivity contribution < 1.29 is 4.74 Å². The minimum atomic E-state index is 0.0427. The van der Waals surface area contributed by atoms with Crippen LogP contribution < -0.4 is 0 Å². The SMILES string of the molecule is CC(C)(S)N1CCC2(CCOC2)CC1. The van der Waals surface area contributed by atoms with Crippen LogP contribution in [0.25, 0.3) is 0 Å². The van der Waals surface area contributed by atoms with Crippen LogP contribution in [0.4, 0.5) is 0 Å². The quantitative estimate of drug-likeness (QED) is 0.673. The summed E-state index contributed by atoms with van der Waals surface area (Å²) in [6.07, 6.45) is 3.85. The Balaban J connectivity index is 1.92. The lowest BCUT2D eigenvalue weighted by molar-refractivity contribution is 0.0584. The third kappa shape index (κ3) is 2.10. The fourth-order valence-electron chi connectivity index (χ4n) is 2.57. The summed E-state index contributed by atoms with van der Waals surface area (Å²) in [5, 5.41) is 0. The molecule has 0 unspecified atom stereocenters. The highest BCUT2D eigenvalue weighted by Gasteiger charge is 2.40. The minimum Gasteiger partial charge on any atom is -0.381 e. The van der Waals surface area contributed by atoms with Crippen molar-refractivity contribution in [1.29, 1.82) is 0 Å². The fourth-order valence-corrected chi connectivity index (χ4v) is 2.77. The van der Waals surface area contributed by atoms with Gasteiger partial charge < -0.3 is 4.74 Å². The molecule has 14 heavy (non-hydrogen) atoms. The monoisotopic (exact) mass is 215 g/mol. The zero-order chi connectivity index (χ0) is 10.2. The van der Waals surface area contributed by atoms with Crippen LogP contribution in [0.3, 0.4) is 0 Å². The summed E-state index contributed by atoms with van der Waals surface area (Å²) in [6, 6.07) is 0. The van der Waals surface area contributed by atoms with Gasteiger partial charge >= 0.3 is 0 Å². The topological polar surface area (TPSA) is 12.5 Å². The van der Waals surface area contributed by atoms with Gasteiger partial charge in [0.2, 0.25) is 0 Å². The summed E-state index contributed by atoms with van der Waals surface area (Å²) in [5.41, 5.74) is 0.523. The third-order valence-electron chi connectivity index (χ3n) is 3.78. The highest BCUT2D eigenvalue weighted by Crippen LogP contribution is 2.40. The van der Waals surface area contributed by atoms with Gasteiger partial charge in [-0.25, -0.2) is 0 Å². The summed E-state index contributed by atoms with van der Waals surface area (Å²) in [5.74, 6) is 0. The van der Waals surface area contributed by atoms with E-state index >= 15 is 0 Å². The minimum absolute atomic E-state index is 0.0427. The number of thiol groups is 1. The molecule has 2 aliphatic heterocycles. The van der Waals surface area contributed by atoms with E-state index < -0.39 is 0 Å². The molecule has 2 fully saturated rings. The Bertz CT molecular complexity index is 196. The molecular weight excluding hydrogens is 194 g/mol. The number of piperidine rings is 1. The van der Waals surface area contributed by atoms with Crippen molar-refractivity contribution in [3.63, 3.8) is 0 Å². The molecule has 0 aliphatic carbocycles. The van der Waals surface area contributed by atoms with Crippen molar-refractivity contribution in [2.45, 2.75) is 38.0 Å². The molecule has 3 heteroatoms. The van der Waals surface area contributed by atoms with E-state index in [1.165, 1.54) is 32.4 Å². The molecule has 82 valence electrons. The van der Waals surface area contributed by atoms with Crippen LogP contribution in [-0.2, 0) is 4.74 Å². The zero-order valence-electron chi connectivity index (χ0n) is 9.25. The first-order valence-electron chi connectivity index (χ1n) is 5.57. The molecule has 0 saturated carbocycles. The van der Waals surface area contributed by atoms with Crippen molar-refractivity contribution in [2.24, 2.45) is 5.41 Å². The molecule has 2 rings (SSSR count). The Morgan fingerprint density at radius 1 is 1.21 bits per heavy atom. The molecule has 2 saturated heterocycles. The van der Waals surface area contributed by atoms with Crippen LogP contribution in [0.5, 0.6) is 0 Å². The zero-order valence-corrected chi connectivity index (χ0v) is 10.1. The first-order chi connectivity index (χ1) is 6.52. The number of nitrogens with zero attached hydrogens (tertiary/aromatic N) is 1. The lowest BCUT2D eigenvalue weighted by Crippen LogP contribution is -2.48. The van der Waals surface area contributed by atoms with Crippen LogP contribution in [0, 0.1) is 5.41 Å². The number of hydrogen-bond acceptors (Lipinski definition) is 3. The van der Waals surface area contributed by atoms with Crippen molar-refractivity contribution in [3.8, 4) is 0 Å². The van der Waals surface area contributed by atoms with E-state index in [2.05, 4.69) is 31.4 Å². The van der Waals surface area contributed by atoms with E-state index in [4.69, 9.17) is 4.74 Å². The van der Waals surface area contributed by atoms with Gasteiger partial charge in [0.15, 0.2) is 0 Å². The molecule has 2 nitrogen and oxygen atoms in total. The van der Waals surface area contributed by atoms with Crippen molar-refractivity contribution in [2.75, 3.05) is 26.3 Å². The predicted molar refractivity (Wildman–Crippen MR) is 61.7 cm³/mol. The van der Waals surface area contributed by atoms with Crippen LogP contribution in [0.15, 0.2) is 0 Å². The van der Waals surface area contributed by atoms with Gasteiger partial charge in [-0.3, -0.25) is 4.90 Å². The molecule has 0 atom stereocenters. The summed E-state index contributed by atoms with van der Waals surface area (Å²) in [7, 11) is 0. The van der Waals surface area contributed by atoms with E-state index in [-0.39, 0.29) is 4.87 Å². The predicted octanol–water partition coefficient (Wildman–Crippen LogP) is 2.15. The largest absolute Gasteiger partial charge is 0.381 e. The molecular formula is C11H21NOS. The number of hydrogen-bond donors (Lipinski definition) is 1. The lowest BCUT2D eigenvalue weighted by Gasteiger charge is -2.44. The van der Waals surface area contributed by atoms with Crippen LogP contribution >= 0.6 is 12.6 Å². The van der Waals surface area contributed by atoms with Crippen LogP contribution in [-0.4, -0.2) is 36.1 Å². The van der Waals surface area contributed by atoms with E-state index in [0.29, 0.717) is 5.41 Å². The maximum Gasteiger partial charge on any atom is 0.0583 e. The maximum absolute atomic E-state index is 5.52. The normalized spacial score (nSPS) is 28.5. The average molecular weight is 215 g/mol. The molecule has 2 aliphatic rings. The standard InChI is InChI=1S/C11H21NOS/c1-10(2,14)12-6-3-11(4-7-12)5-8-13-9-11/h14H,3-9H2,1-2H3. The maximum atomic E-state index is 5.52. The van der Waals surface area contributed by atoms with E-state index in [9.17, 15) is 0 Å². The number of rotatable bonds is 1. The first kappa shape index (κ1) is 10.8. The fraction of sp³-hybridized carbons (Fsp3) is 1.00. The summed E-state index contributed by atoms with van der Waals surface area (Å²) < 4.78 is 5.52. The molecule has 2 heterocycles. The lowest BCUT2D eigenvalue weighted by atomic mass is 9.78. The highest BCUT2D eigenvalue weighted by atomic mass is 32.1. The molecule has 0 N–H and O–H groups in total. The Morgan fingerprint density at radius 2 is 1.86 bits per heavy atom. The third-order valence-corrected chi connectivity index (χ3v) is 4.07. The molecule has 0 aromatic rings. The van der Waals surface area contributed by atoms with Gasteiger partial charge in [0.25, 0.3) is 0 Å². The smallest absolute Gasteiger partial charge is 0.0583 e. The van der Waals surface area contributed by atoms with Gasteiger partial charge in [-0.2, -0.15) is 12.6 Å². The van der Waals surface area contributed by atoms with Gasteiger partial charge in [0, 0.05) is 19.7 Å².